The molecule has 0 unspecified atom stereocenters. The molecule has 0 bridgehead atoms. The molecule has 0 spiro atoms. The summed E-state index contributed by atoms with van der Waals surface area (Å²) in [4.78, 5) is 7.87. The zero-order valence-corrected chi connectivity index (χ0v) is 12.4. The zero-order valence-electron chi connectivity index (χ0n) is 11.6. The molecule has 2 heterocycles. The Morgan fingerprint density at radius 2 is 1.95 bits per heavy atom. The lowest BCUT2D eigenvalue weighted by atomic mass is 10.1. The van der Waals surface area contributed by atoms with Gasteiger partial charge in [-0.3, -0.25) is 9.88 Å². The Morgan fingerprint density at radius 1 is 1.15 bits per heavy atom. The SMILES string of the molecule is c1ncc(Cc2ccc(OCCN3CCCC3)cc2)s1. The third-order valence-electron chi connectivity index (χ3n) is 3.66. The van der Waals surface area contributed by atoms with E-state index in [0.29, 0.717) is 0 Å². The van der Waals surface area contributed by atoms with Crippen molar-refractivity contribution in [2.75, 3.05) is 26.2 Å². The number of hydrogen-bond donors (Lipinski definition) is 0. The van der Waals surface area contributed by atoms with E-state index >= 15 is 0 Å². The van der Waals surface area contributed by atoms with Gasteiger partial charge in [0.15, 0.2) is 0 Å². The van der Waals surface area contributed by atoms with Crippen molar-refractivity contribution in [2.45, 2.75) is 19.3 Å². The van der Waals surface area contributed by atoms with Gasteiger partial charge in [0, 0.05) is 24.0 Å². The van der Waals surface area contributed by atoms with Gasteiger partial charge in [0.05, 0.1) is 5.51 Å². The van der Waals surface area contributed by atoms with Gasteiger partial charge < -0.3 is 4.74 Å². The predicted octanol–water partition coefficient (Wildman–Crippen LogP) is 3.21. The van der Waals surface area contributed by atoms with Crippen molar-refractivity contribution < 1.29 is 4.74 Å². The molecular formula is C16H20N2OS. The monoisotopic (exact) mass is 288 g/mol. The number of aromatic nitrogens is 1. The quantitative estimate of drug-likeness (QED) is 0.816. The lowest BCUT2D eigenvalue weighted by molar-refractivity contribution is 0.238. The molecule has 106 valence electrons. The molecular weight excluding hydrogens is 268 g/mol. The first-order valence-corrected chi connectivity index (χ1v) is 8.09. The number of thiazole rings is 1. The Kier molecular flexibility index (Phi) is 4.66. The molecule has 1 fully saturated rings. The second kappa shape index (κ2) is 6.86. The van der Waals surface area contributed by atoms with Crippen molar-refractivity contribution in [1.29, 1.82) is 0 Å². The van der Waals surface area contributed by atoms with Crippen LogP contribution in [0.2, 0.25) is 0 Å². The largest absolute Gasteiger partial charge is 0.492 e. The topological polar surface area (TPSA) is 25.4 Å². The summed E-state index contributed by atoms with van der Waals surface area (Å²) >= 11 is 1.70. The molecule has 0 amide bonds. The Bertz CT molecular complexity index is 504. The van der Waals surface area contributed by atoms with Crippen LogP contribution in [0.3, 0.4) is 0 Å². The molecule has 20 heavy (non-hydrogen) atoms. The highest BCUT2D eigenvalue weighted by Gasteiger charge is 2.10. The van der Waals surface area contributed by atoms with Gasteiger partial charge in [-0.05, 0) is 43.6 Å². The Balaban J connectivity index is 1.46. The fourth-order valence-electron chi connectivity index (χ4n) is 2.53. The third kappa shape index (κ3) is 3.81. The van der Waals surface area contributed by atoms with Crippen molar-refractivity contribution in [3.05, 3.63) is 46.4 Å². The number of likely N-dealkylation sites (tertiary alicyclic amines) is 1. The maximum absolute atomic E-state index is 5.81. The summed E-state index contributed by atoms with van der Waals surface area (Å²) in [6.07, 6.45) is 5.57. The van der Waals surface area contributed by atoms with E-state index in [1.54, 1.807) is 11.3 Å². The number of rotatable bonds is 6. The molecule has 1 aromatic carbocycles. The van der Waals surface area contributed by atoms with Gasteiger partial charge in [-0.15, -0.1) is 11.3 Å². The van der Waals surface area contributed by atoms with Crippen LogP contribution >= 0.6 is 11.3 Å². The van der Waals surface area contributed by atoms with E-state index < -0.39 is 0 Å². The summed E-state index contributed by atoms with van der Waals surface area (Å²) in [5.41, 5.74) is 3.19. The summed E-state index contributed by atoms with van der Waals surface area (Å²) in [5.74, 6) is 0.970. The minimum atomic E-state index is 0.786. The van der Waals surface area contributed by atoms with E-state index in [2.05, 4.69) is 34.1 Å². The highest BCUT2D eigenvalue weighted by molar-refractivity contribution is 7.09. The van der Waals surface area contributed by atoms with Crippen LogP contribution in [0.1, 0.15) is 23.3 Å². The summed E-state index contributed by atoms with van der Waals surface area (Å²) in [6.45, 7) is 4.30. The second-order valence-corrected chi connectivity index (χ2v) is 6.16. The van der Waals surface area contributed by atoms with Gasteiger partial charge in [-0.2, -0.15) is 0 Å². The lowest BCUT2D eigenvalue weighted by Gasteiger charge is -2.15. The van der Waals surface area contributed by atoms with E-state index in [-0.39, 0.29) is 0 Å². The molecule has 0 aliphatic carbocycles. The fraction of sp³-hybridized carbons (Fsp3) is 0.438. The standard InChI is InChI=1S/C16H20N2OS/c1-2-8-18(7-1)9-10-19-15-5-3-14(4-6-15)11-16-12-17-13-20-16/h3-6,12-13H,1-2,7-11H2. The molecule has 4 heteroatoms. The smallest absolute Gasteiger partial charge is 0.119 e. The molecule has 1 aliphatic rings. The molecule has 0 saturated carbocycles. The highest BCUT2D eigenvalue weighted by Crippen LogP contribution is 2.17. The van der Waals surface area contributed by atoms with Crippen LogP contribution in [0.25, 0.3) is 0 Å². The molecule has 1 saturated heterocycles. The summed E-state index contributed by atoms with van der Waals surface area (Å²) in [7, 11) is 0. The number of hydrogen-bond acceptors (Lipinski definition) is 4. The number of ether oxygens (including phenoxy) is 1. The van der Waals surface area contributed by atoms with Crippen LogP contribution in [-0.4, -0.2) is 36.1 Å². The van der Waals surface area contributed by atoms with Crippen LogP contribution in [-0.2, 0) is 6.42 Å². The number of benzene rings is 1. The maximum atomic E-state index is 5.81. The van der Waals surface area contributed by atoms with Crippen LogP contribution < -0.4 is 4.74 Å². The predicted molar refractivity (Wildman–Crippen MR) is 82.5 cm³/mol. The first kappa shape index (κ1) is 13.6. The Morgan fingerprint density at radius 3 is 2.65 bits per heavy atom. The van der Waals surface area contributed by atoms with Gasteiger partial charge in [-0.1, -0.05) is 12.1 Å². The Labute approximate surface area is 124 Å². The molecule has 1 aliphatic heterocycles. The second-order valence-electron chi connectivity index (χ2n) is 5.19. The lowest BCUT2D eigenvalue weighted by Crippen LogP contribution is -2.25. The first-order valence-electron chi connectivity index (χ1n) is 7.21. The molecule has 0 atom stereocenters. The van der Waals surface area contributed by atoms with E-state index in [0.717, 1.165) is 25.3 Å². The molecule has 0 N–H and O–H groups in total. The minimum Gasteiger partial charge on any atom is -0.492 e. The van der Waals surface area contributed by atoms with E-state index in [4.69, 9.17) is 4.74 Å². The van der Waals surface area contributed by atoms with E-state index in [1.165, 1.54) is 36.4 Å². The van der Waals surface area contributed by atoms with Crippen molar-refractivity contribution in [3.63, 3.8) is 0 Å². The van der Waals surface area contributed by atoms with Crippen molar-refractivity contribution >= 4 is 11.3 Å². The van der Waals surface area contributed by atoms with E-state index in [9.17, 15) is 0 Å². The molecule has 2 aromatic rings. The summed E-state index contributed by atoms with van der Waals surface area (Å²) in [5, 5.41) is 0. The van der Waals surface area contributed by atoms with Gasteiger partial charge in [0.1, 0.15) is 12.4 Å². The number of nitrogens with zero attached hydrogens (tertiary/aromatic N) is 2. The van der Waals surface area contributed by atoms with Crippen LogP contribution in [0.5, 0.6) is 5.75 Å². The zero-order chi connectivity index (χ0) is 13.6. The summed E-state index contributed by atoms with van der Waals surface area (Å²) in [6, 6.07) is 8.43. The third-order valence-corrected chi connectivity index (χ3v) is 4.44. The normalized spacial score (nSPS) is 15.6. The fourth-order valence-corrected chi connectivity index (χ4v) is 3.16. The molecule has 1 aromatic heterocycles. The highest BCUT2D eigenvalue weighted by atomic mass is 32.1. The van der Waals surface area contributed by atoms with Gasteiger partial charge in [-0.25, -0.2) is 0 Å². The summed E-state index contributed by atoms with van der Waals surface area (Å²) < 4.78 is 5.81. The van der Waals surface area contributed by atoms with Crippen molar-refractivity contribution in [2.24, 2.45) is 0 Å². The maximum Gasteiger partial charge on any atom is 0.119 e. The first-order chi connectivity index (χ1) is 9.90. The Hall–Kier alpha value is -1.39. The van der Waals surface area contributed by atoms with E-state index in [1.807, 2.05) is 11.7 Å². The van der Waals surface area contributed by atoms with Gasteiger partial charge in [0.25, 0.3) is 0 Å². The molecule has 3 nitrogen and oxygen atoms in total. The molecule has 3 rings (SSSR count). The van der Waals surface area contributed by atoms with Crippen molar-refractivity contribution in [3.8, 4) is 5.75 Å². The van der Waals surface area contributed by atoms with Gasteiger partial charge >= 0.3 is 0 Å². The van der Waals surface area contributed by atoms with Crippen molar-refractivity contribution in [1.82, 2.24) is 9.88 Å². The van der Waals surface area contributed by atoms with Crippen LogP contribution in [0.4, 0.5) is 0 Å². The van der Waals surface area contributed by atoms with Crippen LogP contribution in [0, 0.1) is 0 Å². The average molecular weight is 288 g/mol. The average Bonchev–Trinajstić information content (AvgIpc) is 3.14. The van der Waals surface area contributed by atoms with Crippen LogP contribution in [0.15, 0.2) is 36.0 Å². The molecule has 0 radical (unpaired) electrons. The minimum absolute atomic E-state index is 0.786. The van der Waals surface area contributed by atoms with Gasteiger partial charge in [0.2, 0.25) is 0 Å².